The Balaban J connectivity index is 1.36. The SMILES string of the molecule is [C-]#[N+]c1cn2[nH]c(-c3ccc(N4CCCC4)c(Nc4cc(C)ccc4OC(C)C(=O)O)c3)nc2c1C(=O)OC1C(C)CC(C)CC1C. The molecule has 1 aliphatic heterocycles. The van der Waals surface area contributed by atoms with Crippen LogP contribution in [0.2, 0.25) is 0 Å². The van der Waals surface area contributed by atoms with Gasteiger partial charge in [0.25, 0.3) is 0 Å². The third-order valence-electron chi connectivity index (χ3n) is 9.41. The number of nitrogens with one attached hydrogen (secondary N) is 2. The molecule has 2 aliphatic rings. The van der Waals surface area contributed by atoms with Crippen molar-refractivity contribution in [1.29, 1.82) is 0 Å². The lowest BCUT2D eigenvalue weighted by Gasteiger charge is -2.37. The van der Waals surface area contributed by atoms with Gasteiger partial charge in [0, 0.05) is 24.8 Å². The number of hydrogen-bond acceptors (Lipinski definition) is 7. The molecule has 11 nitrogen and oxygen atoms in total. The number of carboxylic acids is 1. The molecular formula is C36H42N6O5. The molecule has 1 saturated carbocycles. The molecule has 6 rings (SSSR count). The second kappa shape index (κ2) is 13.0. The van der Waals surface area contributed by atoms with Crippen LogP contribution in [0, 0.1) is 31.2 Å². The van der Waals surface area contributed by atoms with E-state index < -0.39 is 18.0 Å². The topological polar surface area (TPSA) is 126 Å². The summed E-state index contributed by atoms with van der Waals surface area (Å²) in [5, 5.41) is 16.2. The first kappa shape index (κ1) is 32.0. The van der Waals surface area contributed by atoms with Crippen LogP contribution in [0.3, 0.4) is 0 Å². The van der Waals surface area contributed by atoms with Gasteiger partial charge in [-0.25, -0.2) is 19.4 Å². The van der Waals surface area contributed by atoms with E-state index in [9.17, 15) is 14.7 Å². The summed E-state index contributed by atoms with van der Waals surface area (Å²) < 4.78 is 13.5. The van der Waals surface area contributed by atoms with Gasteiger partial charge < -0.3 is 24.8 Å². The fourth-order valence-corrected chi connectivity index (χ4v) is 7.19. The first-order valence-corrected chi connectivity index (χ1v) is 16.4. The van der Waals surface area contributed by atoms with E-state index in [2.05, 4.69) is 40.9 Å². The van der Waals surface area contributed by atoms with E-state index in [0.717, 1.165) is 61.3 Å². The van der Waals surface area contributed by atoms with Crippen molar-refractivity contribution >= 4 is 40.3 Å². The van der Waals surface area contributed by atoms with Crippen LogP contribution in [0.15, 0.2) is 42.6 Å². The average Bonchev–Trinajstić information content (AvgIpc) is 3.77. The Morgan fingerprint density at radius 1 is 1.09 bits per heavy atom. The maximum atomic E-state index is 13.6. The zero-order chi connectivity index (χ0) is 33.4. The Morgan fingerprint density at radius 2 is 1.81 bits per heavy atom. The fourth-order valence-electron chi connectivity index (χ4n) is 7.19. The van der Waals surface area contributed by atoms with Crippen molar-refractivity contribution in [1.82, 2.24) is 14.6 Å². The molecule has 47 heavy (non-hydrogen) atoms. The molecule has 0 spiro atoms. The predicted molar refractivity (Wildman–Crippen MR) is 181 cm³/mol. The summed E-state index contributed by atoms with van der Waals surface area (Å²) >= 11 is 0. The monoisotopic (exact) mass is 638 g/mol. The molecule has 3 N–H and O–H groups in total. The van der Waals surface area contributed by atoms with E-state index in [0.29, 0.717) is 28.8 Å². The molecule has 1 aliphatic carbocycles. The Labute approximate surface area is 274 Å². The van der Waals surface area contributed by atoms with Crippen molar-refractivity contribution in [3.8, 4) is 17.1 Å². The number of fused-ring (bicyclic) bond motifs is 1. The van der Waals surface area contributed by atoms with Gasteiger partial charge in [0.15, 0.2) is 17.6 Å². The number of H-pyrrole nitrogens is 1. The van der Waals surface area contributed by atoms with Gasteiger partial charge in [-0.15, -0.1) is 0 Å². The molecule has 0 radical (unpaired) electrons. The molecule has 2 aromatic heterocycles. The van der Waals surface area contributed by atoms with Gasteiger partial charge in [0.2, 0.25) is 5.69 Å². The standard InChI is InChI=1S/C36H42N6O5/c1-20-9-12-30(46-24(5)35(43)44)27(17-20)38-26-18-25(10-11-29(26)41-13-7-8-14-41)33-39-34-31(28(37-6)19-42(34)40-33)36(45)47-32-22(3)15-21(2)16-23(32)4/h9-12,17-19,21-24,32,38H,7-8,13-16H2,1-5H3,(H,39,40)(H,43,44). The number of benzene rings is 2. The molecule has 2 aromatic carbocycles. The summed E-state index contributed by atoms with van der Waals surface area (Å²) in [5.41, 5.74) is 4.92. The van der Waals surface area contributed by atoms with Crippen molar-refractivity contribution in [2.75, 3.05) is 23.3 Å². The van der Waals surface area contributed by atoms with Gasteiger partial charge in [-0.1, -0.05) is 26.8 Å². The number of anilines is 3. The number of aryl methyl sites for hydroxylation is 1. The number of aromatic nitrogens is 3. The molecule has 0 bridgehead atoms. The highest BCUT2D eigenvalue weighted by atomic mass is 16.5. The minimum atomic E-state index is -1.05. The Hall–Kier alpha value is -4.98. The van der Waals surface area contributed by atoms with Gasteiger partial charge in [-0.2, -0.15) is 0 Å². The highest BCUT2D eigenvalue weighted by Crippen LogP contribution is 2.39. The van der Waals surface area contributed by atoms with Gasteiger partial charge in [-0.05, 0) is 93.2 Å². The summed E-state index contributed by atoms with van der Waals surface area (Å²) in [6, 6.07) is 11.6. The molecular weight excluding hydrogens is 596 g/mol. The van der Waals surface area contributed by atoms with E-state index in [1.165, 1.54) is 6.92 Å². The second-order valence-electron chi connectivity index (χ2n) is 13.3. The van der Waals surface area contributed by atoms with Crippen LogP contribution in [-0.2, 0) is 9.53 Å². The Bertz CT molecular complexity index is 1840. The van der Waals surface area contributed by atoms with E-state index >= 15 is 0 Å². The van der Waals surface area contributed by atoms with Crippen molar-refractivity contribution < 1.29 is 24.2 Å². The van der Waals surface area contributed by atoms with E-state index in [1.54, 1.807) is 16.8 Å². The number of carboxylic acid groups (broad SMARTS) is 1. The number of hydrogen-bond donors (Lipinski definition) is 3. The highest BCUT2D eigenvalue weighted by molar-refractivity contribution is 6.03. The second-order valence-corrected chi connectivity index (χ2v) is 13.3. The summed E-state index contributed by atoms with van der Waals surface area (Å²) in [6.07, 6.45) is 4.53. The first-order valence-electron chi connectivity index (χ1n) is 16.4. The zero-order valence-corrected chi connectivity index (χ0v) is 27.5. The van der Waals surface area contributed by atoms with Crippen molar-refractivity contribution in [3.63, 3.8) is 0 Å². The molecule has 1 saturated heterocycles. The number of aromatic amines is 1. The summed E-state index contributed by atoms with van der Waals surface area (Å²) in [7, 11) is 0. The van der Waals surface area contributed by atoms with Gasteiger partial charge >= 0.3 is 11.9 Å². The van der Waals surface area contributed by atoms with E-state index in [1.807, 2.05) is 37.3 Å². The molecule has 3 atom stereocenters. The van der Waals surface area contributed by atoms with Gasteiger partial charge in [0.1, 0.15) is 17.4 Å². The molecule has 0 amide bonds. The minimum Gasteiger partial charge on any atom is -0.479 e. The lowest BCUT2D eigenvalue weighted by molar-refractivity contribution is -0.144. The number of esters is 1. The third-order valence-corrected chi connectivity index (χ3v) is 9.41. The maximum absolute atomic E-state index is 13.6. The van der Waals surface area contributed by atoms with Crippen molar-refractivity contribution in [2.24, 2.45) is 17.8 Å². The van der Waals surface area contributed by atoms with Gasteiger partial charge in [-0.3, -0.25) is 9.61 Å². The number of rotatable bonds is 9. The molecule has 246 valence electrons. The van der Waals surface area contributed by atoms with Crippen LogP contribution in [0.5, 0.6) is 5.75 Å². The Morgan fingerprint density at radius 3 is 2.49 bits per heavy atom. The molecule has 11 heteroatoms. The first-order chi connectivity index (χ1) is 22.5. The number of aliphatic carboxylic acids is 1. The quantitative estimate of drug-likeness (QED) is 0.126. The van der Waals surface area contributed by atoms with Crippen molar-refractivity contribution in [2.45, 2.75) is 72.5 Å². The van der Waals surface area contributed by atoms with Gasteiger partial charge in [0.05, 0.1) is 23.6 Å². The normalized spacial score (nSPS) is 21.7. The fraction of sp³-hybridized carbons (Fsp3) is 0.444. The smallest absolute Gasteiger partial charge is 0.344 e. The summed E-state index contributed by atoms with van der Waals surface area (Å²) in [6.45, 7) is 19.5. The summed E-state index contributed by atoms with van der Waals surface area (Å²) in [4.78, 5) is 35.9. The van der Waals surface area contributed by atoms with E-state index in [4.69, 9.17) is 21.0 Å². The minimum absolute atomic E-state index is 0.168. The average molecular weight is 639 g/mol. The number of nitrogens with zero attached hydrogens (tertiary/aromatic N) is 4. The Kier molecular flexibility index (Phi) is 8.86. The number of carbonyl (C=O) groups excluding carboxylic acids is 1. The number of ether oxygens (including phenoxy) is 2. The zero-order valence-electron chi connectivity index (χ0n) is 27.5. The van der Waals surface area contributed by atoms with Crippen LogP contribution < -0.4 is 15.0 Å². The van der Waals surface area contributed by atoms with Crippen LogP contribution >= 0.6 is 0 Å². The lowest BCUT2D eigenvalue weighted by atomic mass is 9.75. The maximum Gasteiger partial charge on any atom is 0.344 e. The van der Waals surface area contributed by atoms with Crippen LogP contribution in [0.25, 0.3) is 21.9 Å². The largest absolute Gasteiger partial charge is 0.479 e. The van der Waals surface area contributed by atoms with E-state index in [-0.39, 0.29) is 29.2 Å². The molecule has 3 heterocycles. The van der Waals surface area contributed by atoms with Crippen molar-refractivity contribution in [3.05, 3.63) is 65.1 Å². The highest BCUT2D eigenvalue weighted by Gasteiger charge is 2.36. The summed E-state index contributed by atoms with van der Waals surface area (Å²) in [5.74, 6) is 0.425. The third kappa shape index (κ3) is 6.50. The number of carbonyl (C=O) groups is 2. The van der Waals surface area contributed by atoms with Crippen LogP contribution in [0.4, 0.5) is 22.7 Å². The molecule has 2 fully saturated rings. The van der Waals surface area contributed by atoms with Crippen LogP contribution in [-0.4, -0.2) is 56.9 Å². The lowest BCUT2D eigenvalue weighted by Crippen LogP contribution is -2.37. The molecule has 3 unspecified atom stereocenters. The van der Waals surface area contributed by atoms with Crippen LogP contribution in [0.1, 0.15) is 69.3 Å². The predicted octanol–water partition coefficient (Wildman–Crippen LogP) is 7.61. The molecule has 4 aromatic rings.